The summed E-state index contributed by atoms with van der Waals surface area (Å²) in [6, 6.07) is 2.85. The Morgan fingerprint density at radius 3 is 3.04 bits per heavy atom. The Morgan fingerprint density at radius 1 is 1.52 bits per heavy atom. The molecule has 1 aliphatic rings. The smallest absolute Gasteiger partial charge is 0.269 e. The van der Waals surface area contributed by atoms with Crippen LogP contribution >= 0.6 is 11.6 Å². The van der Waals surface area contributed by atoms with Gasteiger partial charge in [-0.25, -0.2) is 9.37 Å². The second-order valence-electron chi connectivity index (χ2n) is 5.56. The van der Waals surface area contributed by atoms with Gasteiger partial charge in [-0.2, -0.15) is 5.10 Å². The van der Waals surface area contributed by atoms with Gasteiger partial charge in [0.05, 0.1) is 5.02 Å². The molecule has 8 heteroatoms. The van der Waals surface area contributed by atoms with E-state index in [-0.39, 0.29) is 22.8 Å². The van der Waals surface area contributed by atoms with Gasteiger partial charge in [-0.05, 0) is 25.0 Å². The van der Waals surface area contributed by atoms with Gasteiger partial charge < -0.3 is 10.2 Å². The first-order chi connectivity index (χ1) is 11.0. The third-order valence-electron chi connectivity index (χ3n) is 3.90. The van der Waals surface area contributed by atoms with Crippen LogP contribution in [0.5, 0.6) is 0 Å². The lowest BCUT2D eigenvalue weighted by Crippen LogP contribution is -2.48. The molecule has 0 aliphatic carbocycles. The van der Waals surface area contributed by atoms with Gasteiger partial charge in [0, 0.05) is 38.6 Å². The molecule has 0 spiro atoms. The van der Waals surface area contributed by atoms with Gasteiger partial charge in [0.15, 0.2) is 11.6 Å². The Morgan fingerprint density at radius 2 is 2.35 bits per heavy atom. The summed E-state index contributed by atoms with van der Waals surface area (Å²) in [6.07, 6.45) is 4.70. The van der Waals surface area contributed by atoms with Crippen LogP contribution in [-0.4, -0.2) is 39.8 Å². The van der Waals surface area contributed by atoms with Crippen molar-refractivity contribution < 1.29 is 9.18 Å². The summed E-state index contributed by atoms with van der Waals surface area (Å²) in [6.45, 7) is 1.21. The van der Waals surface area contributed by atoms with E-state index in [9.17, 15) is 9.18 Å². The molecule has 1 atom stereocenters. The minimum Gasteiger partial charge on any atom is -0.352 e. The van der Waals surface area contributed by atoms with Crippen LogP contribution in [0.25, 0.3) is 0 Å². The van der Waals surface area contributed by atoms with Crippen molar-refractivity contribution in [3.63, 3.8) is 0 Å². The van der Waals surface area contributed by atoms with Crippen molar-refractivity contribution in [2.45, 2.75) is 18.9 Å². The highest BCUT2D eigenvalue weighted by Crippen LogP contribution is 2.23. The Labute approximate surface area is 138 Å². The van der Waals surface area contributed by atoms with E-state index in [0.29, 0.717) is 18.8 Å². The van der Waals surface area contributed by atoms with E-state index >= 15 is 0 Å². The standard InChI is InChI=1S/C15H17ClFN5O/c1-21-13(4-5-19-21)15(23)20-11-3-2-6-22(9-11)14-12(17)7-10(16)8-18-14/h4-5,7-8,11H,2-3,6,9H2,1H3,(H,20,23). The maximum Gasteiger partial charge on any atom is 0.269 e. The van der Waals surface area contributed by atoms with E-state index in [0.717, 1.165) is 12.8 Å². The lowest BCUT2D eigenvalue weighted by molar-refractivity contribution is 0.0923. The predicted octanol–water partition coefficient (Wildman–Crippen LogP) is 2.01. The average Bonchev–Trinajstić information content (AvgIpc) is 2.94. The van der Waals surface area contributed by atoms with Crippen LogP contribution in [0.4, 0.5) is 10.2 Å². The van der Waals surface area contributed by atoms with Gasteiger partial charge in [-0.3, -0.25) is 9.48 Å². The van der Waals surface area contributed by atoms with Crippen molar-refractivity contribution >= 4 is 23.3 Å². The van der Waals surface area contributed by atoms with Crippen LogP contribution < -0.4 is 10.2 Å². The molecule has 0 bridgehead atoms. The number of hydrogen-bond donors (Lipinski definition) is 1. The fourth-order valence-corrected chi connectivity index (χ4v) is 2.93. The van der Waals surface area contributed by atoms with E-state index in [1.165, 1.54) is 16.9 Å². The molecule has 1 unspecified atom stereocenters. The predicted molar refractivity (Wildman–Crippen MR) is 85.1 cm³/mol. The van der Waals surface area contributed by atoms with Gasteiger partial charge in [0.1, 0.15) is 5.69 Å². The zero-order chi connectivity index (χ0) is 16.4. The Kier molecular flexibility index (Phi) is 4.47. The molecule has 1 aliphatic heterocycles. The molecule has 3 heterocycles. The number of halogens is 2. The average molecular weight is 338 g/mol. The van der Waals surface area contributed by atoms with Crippen LogP contribution in [0.1, 0.15) is 23.3 Å². The zero-order valence-electron chi connectivity index (χ0n) is 12.7. The normalized spacial score (nSPS) is 18.0. The number of rotatable bonds is 3. The Balaban J connectivity index is 1.69. The number of carbonyl (C=O) groups is 1. The van der Waals surface area contributed by atoms with Crippen molar-refractivity contribution in [3.8, 4) is 0 Å². The van der Waals surface area contributed by atoms with E-state index < -0.39 is 5.82 Å². The Bertz CT molecular complexity index is 720. The number of aromatic nitrogens is 3. The molecule has 3 rings (SSSR count). The lowest BCUT2D eigenvalue weighted by atomic mass is 10.1. The fourth-order valence-electron chi connectivity index (χ4n) is 2.78. The SMILES string of the molecule is Cn1nccc1C(=O)NC1CCCN(c2ncc(Cl)cc2F)C1. The van der Waals surface area contributed by atoms with E-state index in [4.69, 9.17) is 11.6 Å². The molecular formula is C15H17ClFN5O. The number of carbonyl (C=O) groups excluding carboxylic acids is 1. The molecule has 1 N–H and O–H groups in total. The molecule has 2 aromatic rings. The summed E-state index contributed by atoms with van der Waals surface area (Å²) in [5, 5.41) is 7.23. The topological polar surface area (TPSA) is 63.1 Å². The summed E-state index contributed by atoms with van der Waals surface area (Å²) >= 11 is 5.74. The quantitative estimate of drug-likeness (QED) is 0.930. The highest BCUT2D eigenvalue weighted by Gasteiger charge is 2.25. The van der Waals surface area contributed by atoms with Crippen molar-refractivity contribution in [2.24, 2.45) is 7.05 Å². The van der Waals surface area contributed by atoms with Gasteiger partial charge in [0.2, 0.25) is 0 Å². The summed E-state index contributed by atoms with van der Waals surface area (Å²) in [5.41, 5.74) is 0.498. The van der Waals surface area contributed by atoms with Crippen molar-refractivity contribution in [3.05, 3.63) is 41.1 Å². The maximum atomic E-state index is 14.0. The molecular weight excluding hydrogens is 321 g/mol. The summed E-state index contributed by atoms with van der Waals surface area (Å²) in [4.78, 5) is 18.2. The van der Waals surface area contributed by atoms with Crippen LogP contribution in [0.2, 0.25) is 5.02 Å². The van der Waals surface area contributed by atoms with Crippen molar-refractivity contribution in [2.75, 3.05) is 18.0 Å². The highest BCUT2D eigenvalue weighted by molar-refractivity contribution is 6.30. The van der Waals surface area contributed by atoms with Crippen LogP contribution in [0.3, 0.4) is 0 Å². The highest BCUT2D eigenvalue weighted by atomic mass is 35.5. The minimum absolute atomic E-state index is 0.0666. The van der Waals surface area contributed by atoms with Crippen LogP contribution in [0.15, 0.2) is 24.5 Å². The molecule has 1 amide bonds. The number of hydrogen-bond acceptors (Lipinski definition) is 4. The first-order valence-corrected chi connectivity index (χ1v) is 7.77. The summed E-state index contributed by atoms with van der Waals surface area (Å²) in [5.74, 6) is -0.355. The molecule has 0 radical (unpaired) electrons. The monoisotopic (exact) mass is 337 g/mol. The second-order valence-corrected chi connectivity index (χ2v) is 5.99. The minimum atomic E-state index is -0.448. The van der Waals surface area contributed by atoms with Gasteiger partial charge in [0.25, 0.3) is 5.91 Å². The van der Waals surface area contributed by atoms with Crippen LogP contribution in [-0.2, 0) is 7.05 Å². The molecule has 6 nitrogen and oxygen atoms in total. The third-order valence-corrected chi connectivity index (χ3v) is 4.10. The van der Waals surface area contributed by atoms with E-state index in [1.807, 2.05) is 4.90 Å². The fraction of sp³-hybridized carbons (Fsp3) is 0.400. The number of nitrogens with one attached hydrogen (secondary N) is 1. The molecule has 122 valence electrons. The number of aryl methyl sites for hydroxylation is 1. The molecule has 0 saturated carbocycles. The molecule has 2 aromatic heterocycles. The molecule has 1 saturated heterocycles. The molecule has 23 heavy (non-hydrogen) atoms. The zero-order valence-corrected chi connectivity index (χ0v) is 13.4. The number of nitrogens with zero attached hydrogens (tertiary/aromatic N) is 4. The Hall–Kier alpha value is -2.15. The first-order valence-electron chi connectivity index (χ1n) is 7.39. The number of amides is 1. The van der Waals surface area contributed by atoms with Gasteiger partial charge in [-0.15, -0.1) is 0 Å². The first kappa shape index (κ1) is 15.7. The van der Waals surface area contributed by atoms with Gasteiger partial charge >= 0.3 is 0 Å². The van der Waals surface area contributed by atoms with E-state index in [2.05, 4.69) is 15.4 Å². The largest absolute Gasteiger partial charge is 0.352 e. The van der Waals surface area contributed by atoms with Gasteiger partial charge in [-0.1, -0.05) is 11.6 Å². The molecule has 1 fully saturated rings. The van der Waals surface area contributed by atoms with Crippen LogP contribution in [0, 0.1) is 5.82 Å². The van der Waals surface area contributed by atoms with Crippen molar-refractivity contribution in [1.29, 1.82) is 0 Å². The number of pyridine rings is 1. The molecule has 0 aromatic carbocycles. The maximum absolute atomic E-state index is 14.0. The van der Waals surface area contributed by atoms with Crippen molar-refractivity contribution in [1.82, 2.24) is 20.1 Å². The lowest BCUT2D eigenvalue weighted by Gasteiger charge is -2.34. The summed E-state index contributed by atoms with van der Waals surface area (Å²) in [7, 11) is 1.72. The van der Waals surface area contributed by atoms with E-state index in [1.54, 1.807) is 19.3 Å². The number of piperidine rings is 1. The summed E-state index contributed by atoms with van der Waals surface area (Å²) < 4.78 is 15.5. The second kappa shape index (κ2) is 6.54. The number of anilines is 1. The third kappa shape index (κ3) is 3.44.